The zero-order valence-electron chi connectivity index (χ0n) is 9.54. The summed E-state index contributed by atoms with van der Waals surface area (Å²) in [7, 11) is -4.94. The Morgan fingerprint density at radius 1 is 1.06 bits per heavy atom. The van der Waals surface area contributed by atoms with Crippen LogP contribution in [0.5, 0.6) is 0 Å². The molecule has 7 nitrogen and oxygen atoms in total. The standard InChI is InChI=1S/C8H5O7S.2Na/c9-7(10)4-2-1-3-5(8(11)12)6(4)16(13,14)15;;/h2-3H,(H,9,10)(H,11,12)(H,13,14,15);;/q-1;;+1. The van der Waals surface area contributed by atoms with Gasteiger partial charge in [0.2, 0.25) is 0 Å². The van der Waals surface area contributed by atoms with E-state index in [-0.39, 0.29) is 59.1 Å². The third-order valence-electron chi connectivity index (χ3n) is 1.66. The number of carboxylic acids is 2. The first kappa shape index (κ1) is 20.4. The van der Waals surface area contributed by atoms with Crippen molar-refractivity contribution in [1.82, 2.24) is 0 Å². The zero-order valence-corrected chi connectivity index (χ0v) is 14.4. The second-order valence-corrected chi connectivity index (χ2v) is 4.06. The molecule has 0 bridgehead atoms. The van der Waals surface area contributed by atoms with E-state index in [1.807, 2.05) is 0 Å². The van der Waals surface area contributed by atoms with Crippen LogP contribution in [0.2, 0.25) is 0 Å². The maximum Gasteiger partial charge on any atom is 1.00 e. The Hall–Kier alpha value is 0.0700. The van der Waals surface area contributed by atoms with Crippen LogP contribution in [-0.2, 0) is 10.1 Å². The van der Waals surface area contributed by atoms with Crippen molar-refractivity contribution in [2.45, 2.75) is 4.90 Å². The zero-order chi connectivity index (χ0) is 12.5. The minimum absolute atomic E-state index is 0. The van der Waals surface area contributed by atoms with E-state index < -0.39 is 38.1 Å². The average molecular weight is 291 g/mol. The van der Waals surface area contributed by atoms with Gasteiger partial charge < -0.3 is 10.2 Å². The number of hydrogen-bond acceptors (Lipinski definition) is 4. The molecule has 0 aliphatic heterocycles. The molecule has 0 fully saturated rings. The molecular formula is C8H5Na2O7S. The molecule has 0 amide bonds. The Labute approximate surface area is 147 Å². The van der Waals surface area contributed by atoms with E-state index >= 15 is 0 Å². The van der Waals surface area contributed by atoms with E-state index in [9.17, 15) is 18.0 Å². The molecule has 1 aromatic carbocycles. The Balaban J connectivity index is 0. The average Bonchev–Trinajstić information content (AvgIpc) is 2.15. The number of aromatic carboxylic acids is 2. The fourth-order valence-corrected chi connectivity index (χ4v) is 1.93. The number of carbonyl (C=O) groups is 2. The van der Waals surface area contributed by atoms with Crippen LogP contribution >= 0.6 is 0 Å². The first-order valence-corrected chi connectivity index (χ1v) is 5.17. The van der Waals surface area contributed by atoms with Crippen molar-refractivity contribution in [1.29, 1.82) is 0 Å². The van der Waals surface area contributed by atoms with Crippen molar-refractivity contribution in [2.75, 3.05) is 0 Å². The summed E-state index contributed by atoms with van der Waals surface area (Å²) in [5, 5.41) is 17.3. The van der Waals surface area contributed by atoms with Crippen molar-refractivity contribution in [3.8, 4) is 0 Å². The van der Waals surface area contributed by atoms with Crippen LogP contribution < -0.4 is 29.6 Å². The van der Waals surface area contributed by atoms with Crippen LogP contribution in [0, 0.1) is 6.07 Å². The molecule has 18 heavy (non-hydrogen) atoms. The Morgan fingerprint density at radius 2 is 1.39 bits per heavy atom. The van der Waals surface area contributed by atoms with E-state index in [1.165, 1.54) is 0 Å². The first-order chi connectivity index (χ1) is 7.25. The summed E-state index contributed by atoms with van der Waals surface area (Å²) in [6.07, 6.45) is 0. The van der Waals surface area contributed by atoms with Crippen LogP contribution in [0.3, 0.4) is 0 Å². The van der Waals surface area contributed by atoms with Gasteiger partial charge in [-0.25, -0.2) is 0 Å². The summed E-state index contributed by atoms with van der Waals surface area (Å²) in [6, 6.07) is 3.69. The van der Waals surface area contributed by atoms with Crippen molar-refractivity contribution >= 4 is 51.6 Å². The molecule has 10 heteroatoms. The van der Waals surface area contributed by atoms with Crippen molar-refractivity contribution in [3.05, 3.63) is 29.3 Å². The van der Waals surface area contributed by atoms with E-state index in [0.717, 1.165) is 12.1 Å². The molecule has 0 spiro atoms. The molecule has 0 atom stereocenters. The smallest absolute Gasteiger partial charge is 0.487 e. The van der Waals surface area contributed by atoms with Crippen LogP contribution in [0.25, 0.3) is 0 Å². The van der Waals surface area contributed by atoms with Crippen molar-refractivity contribution in [2.24, 2.45) is 0 Å². The molecule has 0 aromatic heterocycles. The summed E-state index contributed by atoms with van der Waals surface area (Å²) in [6.45, 7) is 0. The molecule has 3 N–H and O–H groups in total. The van der Waals surface area contributed by atoms with Gasteiger partial charge in [0.05, 0.1) is 0 Å². The van der Waals surface area contributed by atoms with Crippen molar-refractivity contribution < 1.29 is 62.3 Å². The molecule has 0 saturated heterocycles. The normalized spacial score (nSPS) is 9.83. The molecule has 0 heterocycles. The largest absolute Gasteiger partial charge is 1.00 e. The summed E-state index contributed by atoms with van der Waals surface area (Å²) in [5.41, 5.74) is -1.69. The topological polar surface area (TPSA) is 129 Å². The van der Waals surface area contributed by atoms with Crippen LogP contribution in [0.1, 0.15) is 20.7 Å². The predicted octanol–water partition coefficient (Wildman–Crippen LogP) is -3.25. The van der Waals surface area contributed by atoms with Gasteiger partial charge in [-0.05, 0) is 11.1 Å². The second-order valence-electron chi connectivity index (χ2n) is 2.70. The summed E-state index contributed by atoms with van der Waals surface area (Å²) in [4.78, 5) is 20.2. The fourth-order valence-electron chi connectivity index (χ4n) is 1.08. The van der Waals surface area contributed by atoms with Gasteiger partial charge in [-0.3, -0.25) is 14.1 Å². The molecule has 0 aliphatic carbocycles. The minimum Gasteiger partial charge on any atom is -0.487 e. The van der Waals surface area contributed by atoms with Gasteiger partial charge in [-0.15, -0.1) is 0 Å². The maximum absolute atomic E-state index is 10.9. The Morgan fingerprint density at radius 3 is 1.61 bits per heavy atom. The molecule has 1 rings (SSSR count). The van der Waals surface area contributed by atoms with Crippen LogP contribution in [0.4, 0.5) is 0 Å². The molecule has 0 unspecified atom stereocenters. The molecule has 1 aromatic rings. The molecule has 1 radical (unpaired) electrons. The van der Waals surface area contributed by atoms with Gasteiger partial charge >= 0.3 is 29.6 Å². The Bertz CT molecular complexity index is 535. The Kier molecular flexibility index (Phi) is 8.62. The van der Waals surface area contributed by atoms with Gasteiger partial charge in [0.1, 0.15) is 0 Å². The maximum atomic E-state index is 10.9. The summed E-state index contributed by atoms with van der Waals surface area (Å²) < 4.78 is 30.6. The number of hydrogen-bond donors (Lipinski definition) is 3. The number of benzene rings is 1. The number of rotatable bonds is 3. The van der Waals surface area contributed by atoms with Gasteiger partial charge in [-0.1, -0.05) is 0 Å². The van der Waals surface area contributed by atoms with Crippen LogP contribution in [-0.4, -0.2) is 64.7 Å². The van der Waals surface area contributed by atoms with Gasteiger partial charge in [0, 0.05) is 34.5 Å². The quantitative estimate of drug-likeness (QED) is 0.303. The van der Waals surface area contributed by atoms with Gasteiger partial charge in [0.15, 0.2) is 0 Å². The molecule has 0 aliphatic rings. The van der Waals surface area contributed by atoms with E-state index in [1.54, 1.807) is 0 Å². The third-order valence-corrected chi connectivity index (χ3v) is 2.62. The SMILES string of the molecule is O=C(O)c1c[c-]cc(C(=O)O)c1S(=O)(=O)O.[Na+].[Na]. The van der Waals surface area contributed by atoms with E-state index in [0.29, 0.717) is 0 Å². The van der Waals surface area contributed by atoms with Gasteiger partial charge in [-0.2, -0.15) is 26.6 Å². The summed E-state index contributed by atoms with van der Waals surface area (Å²) in [5.74, 6) is -3.35. The van der Waals surface area contributed by atoms with Crippen LogP contribution in [0.15, 0.2) is 17.0 Å². The monoisotopic (exact) mass is 291 g/mol. The minimum atomic E-state index is -4.94. The molecule has 0 saturated carbocycles. The predicted molar refractivity (Wildman–Crippen MR) is 54.8 cm³/mol. The first-order valence-electron chi connectivity index (χ1n) is 3.73. The third kappa shape index (κ3) is 4.63. The summed E-state index contributed by atoms with van der Waals surface area (Å²) >= 11 is 0. The molecular weight excluding hydrogens is 286 g/mol. The van der Waals surface area contributed by atoms with Crippen molar-refractivity contribution in [3.63, 3.8) is 0 Å². The number of carboxylic acid groups (broad SMARTS) is 2. The van der Waals surface area contributed by atoms with Gasteiger partial charge in [0.25, 0.3) is 22.1 Å². The van der Waals surface area contributed by atoms with E-state index in [4.69, 9.17) is 14.8 Å². The second kappa shape index (κ2) is 7.61. The fraction of sp³-hybridized carbons (Fsp3) is 0. The van der Waals surface area contributed by atoms with E-state index in [2.05, 4.69) is 6.07 Å². The molecule has 87 valence electrons.